The van der Waals surface area contributed by atoms with Crippen LogP contribution in [0.3, 0.4) is 0 Å². The third kappa shape index (κ3) is 3.10. The molecule has 0 unspecified atom stereocenters. The molecule has 0 bridgehead atoms. The van der Waals surface area contributed by atoms with Crippen LogP contribution in [0.1, 0.15) is 27.5 Å². The maximum absolute atomic E-state index is 12.8. The Kier molecular flexibility index (Phi) is 4.40. The molecule has 0 aliphatic carbocycles. The zero-order valence-corrected chi connectivity index (χ0v) is 13.1. The van der Waals surface area contributed by atoms with E-state index in [0.29, 0.717) is 24.2 Å². The first-order valence-corrected chi connectivity index (χ1v) is 7.74. The number of rotatable bonds is 2. The normalized spacial score (nSPS) is 18.4. The molecule has 4 nitrogen and oxygen atoms in total. The fraction of sp³-hybridized carbons (Fsp3) is 0.263. The van der Waals surface area contributed by atoms with E-state index in [4.69, 9.17) is 0 Å². The number of amides is 1. The topological polar surface area (TPSA) is 47.3 Å². The van der Waals surface area contributed by atoms with E-state index in [2.05, 4.69) is 30.1 Å². The van der Waals surface area contributed by atoms with Crippen LogP contribution in [0.2, 0.25) is 0 Å². The van der Waals surface area contributed by atoms with Crippen molar-refractivity contribution in [3.05, 3.63) is 71.3 Å². The highest BCUT2D eigenvalue weighted by atomic mass is 16.2. The average molecular weight is 305 g/mol. The molecular weight excluding hydrogens is 286 g/mol. The van der Waals surface area contributed by atoms with E-state index in [1.807, 2.05) is 23.1 Å². The lowest BCUT2D eigenvalue weighted by atomic mass is 10.0. The minimum atomic E-state index is -0.0591. The van der Waals surface area contributed by atoms with Crippen LogP contribution in [0.15, 0.2) is 54.6 Å². The van der Waals surface area contributed by atoms with E-state index >= 15 is 0 Å². The lowest BCUT2D eigenvalue weighted by Gasteiger charge is -2.39. The Bertz CT molecular complexity index is 736. The average Bonchev–Trinajstić information content (AvgIpc) is 2.62. The quantitative estimate of drug-likeness (QED) is 0.857. The Morgan fingerprint density at radius 3 is 2.52 bits per heavy atom. The number of carbonyl (C=O) groups is 1. The van der Waals surface area contributed by atoms with Gasteiger partial charge in [0.15, 0.2) is 0 Å². The number of hydrogen-bond donors (Lipinski definition) is 0. The van der Waals surface area contributed by atoms with Crippen molar-refractivity contribution in [2.24, 2.45) is 0 Å². The summed E-state index contributed by atoms with van der Waals surface area (Å²) in [6.07, 6.45) is 0. The molecule has 0 N–H and O–H groups in total. The zero-order chi connectivity index (χ0) is 16.2. The molecule has 1 fully saturated rings. The van der Waals surface area contributed by atoms with Gasteiger partial charge in [0.05, 0.1) is 23.2 Å². The van der Waals surface area contributed by atoms with Crippen LogP contribution >= 0.6 is 0 Å². The zero-order valence-electron chi connectivity index (χ0n) is 13.1. The molecule has 23 heavy (non-hydrogen) atoms. The molecule has 2 aromatic rings. The summed E-state index contributed by atoms with van der Waals surface area (Å²) in [5.41, 5.74) is 2.14. The van der Waals surface area contributed by atoms with E-state index in [9.17, 15) is 10.1 Å². The van der Waals surface area contributed by atoms with Crippen molar-refractivity contribution in [2.75, 3.05) is 26.7 Å². The van der Waals surface area contributed by atoms with Crippen LogP contribution in [0, 0.1) is 11.3 Å². The van der Waals surface area contributed by atoms with Gasteiger partial charge in [-0.25, -0.2) is 0 Å². The highest BCUT2D eigenvalue weighted by molar-refractivity contribution is 5.96. The maximum Gasteiger partial charge on any atom is 0.255 e. The van der Waals surface area contributed by atoms with Gasteiger partial charge < -0.3 is 4.90 Å². The minimum absolute atomic E-state index is 0.0591. The van der Waals surface area contributed by atoms with E-state index < -0.39 is 0 Å². The van der Waals surface area contributed by atoms with Crippen LogP contribution in [0.5, 0.6) is 0 Å². The monoisotopic (exact) mass is 305 g/mol. The minimum Gasteiger partial charge on any atom is -0.335 e. The number of benzene rings is 2. The molecule has 1 amide bonds. The van der Waals surface area contributed by atoms with Crippen LogP contribution in [-0.4, -0.2) is 42.4 Å². The SMILES string of the molecule is CN1CCN(C(=O)c2ccccc2C#N)C[C@H]1c1ccccc1. The largest absolute Gasteiger partial charge is 0.335 e. The Labute approximate surface area is 136 Å². The fourth-order valence-corrected chi connectivity index (χ4v) is 3.03. The van der Waals surface area contributed by atoms with Gasteiger partial charge in [-0.05, 0) is 24.7 Å². The molecule has 3 rings (SSSR count). The van der Waals surface area contributed by atoms with Crippen molar-refractivity contribution >= 4 is 5.91 Å². The second-order valence-corrected chi connectivity index (χ2v) is 5.82. The second-order valence-electron chi connectivity index (χ2n) is 5.82. The van der Waals surface area contributed by atoms with Crippen molar-refractivity contribution in [2.45, 2.75) is 6.04 Å². The van der Waals surface area contributed by atoms with E-state index in [1.54, 1.807) is 24.3 Å². The molecule has 1 aliphatic heterocycles. The molecule has 0 spiro atoms. The molecule has 1 heterocycles. The van der Waals surface area contributed by atoms with E-state index in [-0.39, 0.29) is 11.9 Å². The van der Waals surface area contributed by atoms with E-state index in [0.717, 1.165) is 6.54 Å². The maximum atomic E-state index is 12.8. The summed E-state index contributed by atoms with van der Waals surface area (Å²) in [6.45, 7) is 2.14. The summed E-state index contributed by atoms with van der Waals surface area (Å²) in [5.74, 6) is -0.0591. The van der Waals surface area contributed by atoms with Gasteiger partial charge >= 0.3 is 0 Å². The Morgan fingerprint density at radius 2 is 1.78 bits per heavy atom. The van der Waals surface area contributed by atoms with Crippen molar-refractivity contribution in [1.82, 2.24) is 9.80 Å². The summed E-state index contributed by atoms with van der Waals surface area (Å²) >= 11 is 0. The first-order valence-electron chi connectivity index (χ1n) is 7.74. The summed E-state index contributed by atoms with van der Waals surface area (Å²) in [5, 5.41) is 9.21. The third-order valence-electron chi connectivity index (χ3n) is 4.40. The van der Waals surface area contributed by atoms with E-state index in [1.165, 1.54) is 5.56 Å². The first kappa shape index (κ1) is 15.3. The number of nitrogens with zero attached hydrogens (tertiary/aromatic N) is 3. The number of likely N-dealkylation sites (N-methyl/N-ethyl adjacent to an activating group) is 1. The fourth-order valence-electron chi connectivity index (χ4n) is 3.03. The van der Waals surface area contributed by atoms with Crippen LogP contribution < -0.4 is 0 Å². The molecular formula is C19H19N3O. The third-order valence-corrected chi connectivity index (χ3v) is 4.40. The summed E-state index contributed by atoms with van der Waals surface area (Å²) in [4.78, 5) is 16.9. The van der Waals surface area contributed by atoms with Gasteiger partial charge in [0, 0.05) is 19.6 Å². The summed E-state index contributed by atoms with van der Waals surface area (Å²) in [6, 6.07) is 19.5. The lowest BCUT2D eigenvalue weighted by Crippen LogP contribution is -2.49. The van der Waals surface area contributed by atoms with Crippen LogP contribution in [-0.2, 0) is 0 Å². The molecule has 1 atom stereocenters. The van der Waals surface area contributed by atoms with Gasteiger partial charge in [0.2, 0.25) is 0 Å². The Morgan fingerprint density at radius 1 is 1.09 bits per heavy atom. The van der Waals surface area contributed by atoms with Gasteiger partial charge in [0.1, 0.15) is 0 Å². The molecule has 116 valence electrons. The van der Waals surface area contributed by atoms with Crippen molar-refractivity contribution in [3.63, 3.8) is 0 Å². The Hall–Kier alpha value is -2.64. The number of carbonyl (C=O) groups excluding carboxylic acids is 1. The number of hydrogen-bond acceptors (Lipinski definition) is 3. The highest BCUT2D eigenvalue weighted by Crippen LogP contribution is 2.25. The van der Waals surface area contributed by atoms with Crippen molar-refractivity contribution in [3.8, 4) is 6.07 Å². The Balaban J connectivity index is 1.84. The lowest BCUT2D eigenvalue weighted by molar-refractivity contribution is 0.0546. The molecule has 0 radical (unpaired) electrons. The van der Waals surface area contributed by atoms with Crippen molar-refractivity contribution in [1.29, 1.82) is 5.26 Å². The van der Waals surface area contributed by atoms with Crippen LogP contribution in [0.25, 0.3) is 0 Å². The second kappa shape index (κ2) is 6.64. The highest BCUT2D eigenvalue weighted by Gasteiger charge is 2.29. The van der Waals surface area contributed by atoms with Crippen molar-refractivity contribution < 1.29 is 4.79 Å². The molecule has 0 aromatic heterocycles. The molecule has 2 aromatic carbocycles. The standard InChI is InChI=1S/C19H19N3O/c1-21-11-12-22(14-18(21)15-7-3-2-4-8-15)19(23)17-10-6-5-9-16(17)13-20/h2-10,18H,11-12,14H2,1H3/t18-/m0/s1. The van der Waals surface area contributed by atoms with Crippen LogP contribution in [0.4, 0.5) is 0 Å². The van der Waals surface area contributed by atoms with Gasteiger partial charge in [0.25, 0.3) is 5.91 Å². The molecule has 1 aliphatic rings. The molecule has 0 saturated carbocycles. The predicted octanol–water partition coefficient (Wildman–Crippen LogP) is 2.69. The summed E-state index contributed by atoms with van der Waals surface area (Å²) < 4.78 is 0. The number of nitriles is 1. The van der Waals surface area contributed by atoms with Gasteiger partial charge in [-0.15, -0.1) is 0 Å². The predicted molar refractivity (Wildman–Crippen MR) is 88.9 cm³/mol. The van der Waals surface area contributed by atoms with Gasteiger partial charge in [-0.3, -0.25) is 9.69 Å². The summed E-state index contributed by atoms with van der Waals surface area (Å²) in [7, 11) is 2.09. The smallest absolute Gasteiger partial charge is 0.255 e. The molecule has 4 heteroatoms. The van der Waals surface area contributed by atoms with Gasteiger partial charge in [-0.1, -0.05) is 42.5 Å². The number of piperazine rings is 1. The molecule has 1 saturated heterocycles. The first-order chi connectivity index (χ1) is 11.2. The van der Waals surface area contributed by atoms with Gasteiger partial charge in [-0.2, -0.15) is 5.26 Å².